The molecule has 2 atom stereocenters. The number of unbranched alkanes of at least 4 members (excludes halogenated alkanes) is 1. The minimum absolute atomic E-state index is 0.0261. The van der Waals surface area contributed by atoms with Gasteiger partial charge in [-0.15, -0.1) is 0 Å². The van der Waals surface area contributed by atoms with Crippen LogP contribution in [0.4, 0.5) is 4.79 Å². The summed E-state index contributed by atoms with van der Waals surface area (Å²) in [4.78, 5) is 23.9. The summed E-state index contributed by atoms with van der Waals surface area (Å²) in [5, 5.41) is 20.3. The average Bonchev–Trinajstić information content (AvgIpc) is 2.38. The van der Waals surface area contributed by atoms with Crippen LogP contribution in [0, 0.1) is 0 Å². The van der Waals surface area contributed by atoms with Crippen molar-refractivity contribution in [3.63, 3.8) is 0 Å². The van der Waals surface area contributed by atoms with E-state index in [1.54, 1.807) is 4.90 Å². The molecule has 0 saturated carbocycles. The molecular weight excluding hydrogens is 252 g/mol. The molecule has 2 amide bonds. The van der Waals surface area contributed by atoms with Gasteiger partial charge in [0.1, 0.15) is 0 Å². The highest BCUT2D eigenvalue weighted by atomic mass is 16.5. The van der Waals surface area contributed by atoms with Crippen molar-refractivity contribution in [3.05, 3.63) is 0 Å². The number of amides is 2. The highest BCUT2D eigenvalue weighted by Gasteiger charge is 2.28. The monoisotopic (exact) mass is 274 g/mol. The first-order valence-corrected chi connectivity index (χ1v) is 6.53. The quantitative estimate of drug-likeness (QED) is 0.594. The molecule has 1 aliphatic heterocycles. The number of carbonyl (C=O) groups is 2. The van der Waals surface area contributed by atoms with Crippen LogP contribution in [0.5, 0.6) is 0 Å². The van der Waals surface area contributed by atoms with Gasteiger partial charge in [-0.05, 0) is 19.8 Å². The number of hydrogen-bond acceptors (Lipinski definition) is 4. The van der Waals surface area contributed by atoms with Gasteiger partial charge in [0, 0.05) is 13.0 Å². The van der Waals surface area contributed by atoms with Crippen molar-refractivity contribution in [3.8, 4) is 0 Å². The molecule has 3 N–H and O–H groups in total. The number of ether oxygens (including phenoxy) is 1. The number of aliphatic hydroxyl groups is 1. The standard InChI is InChI=1S/C12H22N2O5/c1-9-8-19-10(7-15)6-14(9)12(18)13-5-3-2-4-11(16)17/h9-10,15H,2-8H2,1H3,(H,13,18)(H,16,17). The smallest absolute Gasteiger partial charge is 0.317 e. The van der Waals surface area contributed by atoms with E-state index >= 15 is 0 Å². The van der Waals surface area contributed by atoms with Crippen molar-refractivity contribution in [2.45, 2.75) is 38.3 Å². The Kier molecular flexibility index (Phi) is 6.58. The highest BCUT2D eigenvalue weighted by Crippen LogP contribution is 2.11. The second-order valence-corrected chi connectivity index (χ2v) is 4.72. The van der Waals surface area contributed by atoms with E-state index in [-0.39, 0.29) is 31.2 Å². The fourth-order valence-electron chi connectivity index (χ4n) is 1.91. The van der Waals surface area contributed by atoms with Gasteiger partial charge in [0.05, 0.1) is 31.9 Å². The summed E-state index contributed by atoms with van der Waals surface area (Å²) in [6.45, 7) is 3.03. The van der Waals surface area contributed by atoms with E-state index in [0.717, 1.165) is 0 Å². The fraction of sp³-hybridized carbons (Fsp3) is 0.833. The van der Waals surface area contributed by atoms with Crippen LogP contribution >= 0.6 is 0 Å². The maximum atomic E-state index is 11.9. The zero-order chi connectivity index (χ0) is 14.3. The molecule has 2 unspecified atom stereocenters. The number of hydrogen-bond donors (Lipinski definition) is 3. The van der Waals surface area contributed by atoms with E-state index in [0.29, 0.717) is 32.5 Å². The number of carboxylic acid groups (broad SMARTS) is 1. The van der Waals surface area contributed by atoms with Gasteiger partial charge in [0.15, 0.2) is 0 Å². The van der Waals surface area contributed by atoms with E-state index in [1.165, 1.54) is 0 Å². The Morgan fingerprint density at radius 3 is 2.79 bits per heavy atom. The zero-order valence-electron chi connectivity index (χ0n) is 11.2. The highest BCUT2D eigenvalue weighted by molar-refractivity contribution is 5.74. The average molecular weight is 274 g/mol. The molecule has 1 saturated heterocycles. The number of morpholine rings is 1. The number of nitrogens with one attached hydrogen (secondary N) is 1. The van der Waals surface area contributed by atoms with E-state index < -0.39 is 5.97 Å². The second-order valence-electron chi connectivity index (χ2n) is 4.72. The first-order chi connectivity index (χ1) is 9.04. The summed E-state index contributed by atoms with van der Waals surface area (Å²) in [5.41, 5.74) is 0. The van der Waals surface area contributed by atoms with Gasteiger partial charge in [-0.25, -0.2) is 4.79 Å². The second kappa shape index (κ2) is 7.96. The molecule has 7 heteroatoms. The molecule has 0 radical (unpaired) electrons. The van der Waals surface area contributed by atoms with Gasteiger partial charge in [0.25, 0.3) is 0 Å². The van der Waals surface area contributed by atoms with Gasteiger partial charge in [0.2, 0.25) is 0 Å². The third kappa shape index (κ3) is 5.44. The molecule has 110 valence electrons. The summed E-state index contributed by atoms with van der Waals surface area (Å²) < 4.78 is 5.35. The normalized spacial score (nSPS) is 23.2. The van der Waals surface area contributed by atoms with Crippen LogP contribution in [-0.2, 0) is 9.53 Å². The van der Waals surface area contributed by atoms with Crippen LogP contribution in [0.15, 0.2) is 0 Å². The topological polar surface area (TPSA) is 99.1 Å². The van der Waals surface area contributed by atoms with E-state index in [9.17, 15) is 9.59 Å². The predicted molar refractivity (Wildman–Crippen MR) is 67.9 cm³/mol. The number of aliphatic hydroxyl groups excluding tert-OH is 1. The Labute approximate surface area is 112 Å². The van der Waals surface area contributed by atoms with Crippen LogP contribution in [0.2, 0.25) is 0 Å². The van der Waals surface area contributed by atoms with E-state index in [2.05, 4.69) is 5.32 Å². The third-order valence-electron chi connectivity index (χ3n) is 3.06. The lowest BCUT2D eigenvalue weighted by atomic mass is 10.2. The Morgan fingerprint density at radius 2 is 2.16 bits per heavy atom. The summed E-state index contributed by atoms with van der Waals surface area (Å²) in [5.74, 6) is -0.820. The Bertz CT molecular complexity index is 310. The lowest BCUT2D eigenvalue weighted by molar-refractivity contribution is -0.137. The predicted octanol–water partition coefficient (Wildman–Crippen LogP) is 0.0325. The van der Waals surface area contributed by atoms with Crippen LogP contribution in [0.3, 0.4) is 0 Å². The van der Waals surface area contributed by atoms with Crippen molar-refractivity contribution in [1.82, 2.24) is 10.2 Å². The molecule has 1 aliphatic rings. The van der Waals surface area contributed by atoms with Crippen molar-refractivity contribution in [2.24, 2.45) is 0 Å². The van der Waals surface area contributed by atoms with Crippen LogP contribution in [0.25, 0.3) is 0 Å². The minimum Gasteiger partial charge on any atom is -0.481 e. The lowest BCUT2D eigenvalue weighted by Crippen LogP contribution is -2.55. The van der Waals surface area contributed by atoms with Crippen molar-refractivity contribution < 1.29 is 24.5 Å². The molecule has 1 fully saturated rings. The minimum atomic E-state index is -0.820. The van der Waals surface area contributed by atoms with Gasteiger partial charge < -0.3 is 25.2 Å². The molecule has 0 aromatic heterocycles. The van der Waals surface area contributed by atoms with Crippen LogP contribution in [-0.4, -0.2) is 65.6 Å². The van der Waals surface area contributed by atoms with Crippen molar-refractivity contribution in [1.29, 1.82) is 0 Å². The maximum absolute atomic E-state index is 11.9. The van der Waals surface area contributed by atoms with Crippen molar-refractivity contribution >= 4 is 12.0 Å². The molecular formula is C12H22N2O5. The van der Waals surface area contributed by atoms with Gasteiger partial charge in [-0.3, -0.25) is 4.79 Å². The maximum Gasteiger partial charge on any atom is 0.317 e. The van der Waals surface area contributed by atoms with Crippen LogP contribution < -0.4 is 5.32 Å². The van der Waals surface area contributed by atoms with E-state index in [4.69, 9.17) is 14.9 Å². The molecule has 0 aromatic rings. The van der Waals surface area contributed by atoms with Gasteiger partial charge in [-0.2, -0.15) is 0 Å². The number of carboxylic acids is 1. The Hall–Kier alpha value is -1.34. The summed E-state index contributed by atoms with van der Waals surface area (Å²) in [6, 6.07) is -0.216. The first kappa shape index (κ1) is 15.7. The molecule has 19 heavy (non-hydrogen) atoms. The molecule has 1 heterocycles. The first-order valence-electron chi connectivity index (χ1n) is 6.53. The van der Waals surface area contributed by atoms with Crippen LogP contribution in [0.1, 0.15) is 26.2 Å². The largest absolute Gasteiger partial charge is 0.481 e. The number of rotatable bonds is 6. The van der Waals surface area contributed by atoms with Gasteiger partial charge in [-0.1, -0.05) is 0 Å². The molecule has 1 rings (SSSR count). The SMILES string of the molecule is CC1COC(CO)CN1C(=O)NCCCCC(=O)O. The summed E-state index contributed by atoms with van der Waals surface area (Å²) in [7, 11) is 0. The molecule has 0 aromatic carbocycles. The summed E-state index contributed by atoms with van der Waals surface area (Å²) >= 11 is 0. The molecule has 0 spiro atoms. The molecule has 0 bridgehead atoms. The number of urea groups is 1. The number of carbonyl (C=O) groups excluding carboxylic acids is 1. The van der Waals surface area contributed by atoms with Crippen molar-refractivity contribution in [2.75, 3.05) is 26.3 Å². The zero-order valence-corrected chi connectivity index (χ0v) is 11.2. The Balaban J connectivity index is 2.25. The summed E-state index contributed by atoms with van der Waals surface area (Å²) in [6.07, 6.45) is 0.985. The number of nitrogens with zero attached hydrogens (tertiary/aromatic N) is 1. The lowest BCUT2D eigenvalue weighted by Gasteiger charge is -2.37. The van der Waals surface area contributed by atoms with Gasteiger partial charge >= 0.3 is 12.0 Å². The van der Waals surface area contributed by atoms with E-state index in [1.807, 2.05) is 6.92 Å². The number of aliphatic carboxylic acids is 1. The molecule has 0 aliphatic carbocycles. The molecule has 7 nitrogen and oxygen atoms in total. The fourth-order valence-corrected chi connectivity index (χ4v) is 1.91. The third-order valence-corrected chi connectivity index (χ3v) is 3.06. The Morgan fingerprint density at radius 1 is 1.42 bits per heavy atom.